The summed E-state index contributed by atoms with van der Waals surface area (Å²) in [4.78, 5) is 0. The van der Waals surface area contributed by atoms with Crippen LogP contribution in [0.4, 0.5) is 0 Å². The summed E-state index contributed by atoms with van der Waals surface area (Å²) in [5.74, 6) is 1.59. The highest BCUT2D eigenvalue weighted by molar-refractivity contribution is 5.68. The second-order valence-corrected chi connectivity index (χ2v) is 5.85. The Bertz CT molecular complexity index is 573. The van der Waals surface area contributed by atoms with Crippen molar-refractivity contribution in [2.45, 2.75) is 26.8 Å². The fourth-order valence-corrected chi connectivity index (χ4v) is 2.61. The van der Waals surface area contributed by atoms with Crippen LogP contribution in [0.5, 0.6) is 5.75 Å². The molecule has 0 aromatic heterocycles. The van der Waals surface area contributed by atoms with Crippen molar-refractivity contribution >= 4 is 0 Å². The highest BCUT2D eigenvalue weighted by Crippen LogP contribution is 2.28. The molecule has 21 heavy (non-hydrogen) atoms. The van der Waals surface area contributed by atoms with Crippen LogP contribution in [0, 0.1) is 5.92 Å². The molecule has 112 valence electrons. The number of benzene rings is 2. The summed E-state index contributed by atoms with van der Waals surface area (Å²) in [6.45, 7) is 5.34. The first-order valence-corrected chi connectivity index (χ1v) is 7.55. The van der Waals surface area contributed by atoms with E-state index in [0.29, 0.717) is 5.92 Å². The summed E-state index contributed by atoms with van der Waals surface area (Å²) >= 11 is 0. The maximum atomic E-state index is 5.33. The Hall–Kier alpha value is -1.80. The van der Waals surface area contributed by atoms with E-state index >= 15 is 0 Å². The van der Waals surface area contributed by atoms with Crippen LogP contribution in [0.1, 0.15) is 25.0 Å². The van der Waals surface area contributed by atoms with Crippen LogP contribution in [0.15, 0.2) is 42.5 Å². The normalized spacial score (nSPS) is 10.9. The molecule has 2 aromatic rings. The van der Waals surface area contributed by atoms with E-state index in [2.05, 4.69) is 55.6 Å². The van der Waals surface area contributed by atoms with Crippen LogP contribution in [-0.2, 0) is 13.0 Å². The van der Waals surface area contributed by atoms with Gasteiger partial charge in [-0.05, 0) is 53.8 Å². The first-order chi connectivity index (χ1) is 10.1. The average molecular weight is 283 g/mol. The van der Waals surface area contributed by atoms with Gasteiger partial charge >= 0.3 is 0 Å². The van der Waals surface area contributed by atoms with Crippen molar-refractivity contribution < 1.29 is 4.74 Å². The number of nitrogens with one attached hydrogen (secondary N) is 1. The Balaban J connectivity index is 2.32. The van der Waals surface area contributed by atoms with Crippen LogP contribution < -0.4 is 10.1 Å². The maximum absolute atomic E-state index is 5.33. The van der Waals surface area contributed by atoms with Crippen LogP contribution in [0.2, 0.25) is 0 Å². The number of hydrogen-bond acceptors (Lipinski definition) is 2. The van der Waals surface area contributed by atoms with Gasteiger partial charge in [0.05, 0.1) is 7.11 Å². The highest BCUT2D eigenvalue weighted by atomic mass is 16.5. The zero-order valence-corrected chi connectivity index (χ0v) is 13.4. The lowest BCUT2D eigenvalue weighted by molar-refractivity contribution is 0.414. The smallest absolute Gasteiger partial charge is 0.119 e. The highest BCUT2D eigenvalue weighted by Gasteiger charge is 2.07. The summed E-state index contributed by atoms with van der Waals surface area (Å²) in [6, 6.07) is 15.2. The molecule has 0 amide bonds. The van der Waals surface area contributed by atoms with Crippen LogP contribution >= 0.6 is 0 Å². The van der Waals surface area contributed by atoms with E-state index in [1.807, 2.05) is 13.1 Å². The van der Waals surface area contributed by atoms with Crippen molar-refractivity contribution in [3.05, 3.63) is 53.6 Å². The number of ether oxygens (including phenoxy) is 1. The Morgan fingerprint density at radius 1 is 1.05 bits per heavy atom. The Kier molecular flexibility index (Phi) is 5.40. The number of rotatable bonds is 6. The Morgan fingerprint density at radius 3 is 2.33 bits per heavy atom. The lowest BCUT2D eigenvalue weighted by Crippen LogP contribution is -2.06. The van der Waals surface area contributed by atoms with Gasteiger partial charge in [-0.1, -0.05) is 44.2 Å². The van der Waals surface area contributed by atoms with Crippen molar-refractivity contribution in [3.63, 3.8) is 0 Å². The van der Waals surface area contributed by atoms with Crippen molar-refractivity contribution in [2.75, 3.05) is 14.2 Å². The molecule has 0 fully saturated rings. The molecular formula is C19H25NO. The Labute approximate surface area is 128 Å². The average Bonchev–Trinajstić information content (AvgIpc) is 2.48. The quantitative estimate of drug-likeness (QED) is 0.854. The molecule has 2 rings (SSSR count). The third-order valence-corrected chi connectivity index (χ3v) is 3.59. The van der Waals surface area contributed by atoms with Crippen molar-refractivity contribution in [1.82, 2.24) is 5.32 Å². The summed E-state index contributed by atoms with van der Waals surface area (Å²) in [6.07, 6.45) is 1.13. The molecule has 0 atom stereocenters. The third kappa shape index (κ3) is 4.08. The van der Waals surface area contributed by atoms with Crippen molar-refractivity contribution in [1.29, 1.82) is 0 Å². The zero-order valence-electron chi connectivity index (χ0n) is 13.4. The minimum absolute atomic E-state index is 0.691. The predicted molar refractivity (Wildman–Crippen MR) is 89.7 cm³/mol. The first-order valence-electron chi connectivity index (χ1n) is 7.55. The van der Waals surface area contributed by atoms with Gasteiger partial charge < -0.3 is 10.1 Å². The summed E-state index contributed by atoms with van der Waals surface area (Å²) < 4.78 is 5.33. The first kappa shape index (κ1) is 15.6. The molecule has 1 N–H and O–H groups in total. The molecule has 0 saturated heterocycles. The summed E-state index contributed by atoms with van der Waals surface area (Å²) in [7, 11) is 3.67. The molecule has 2 nitrogen and oxygen atoms in total. The van der Waals surface area contributed by atoms with Crippen LogP contribution in [-0.4, -0.2) is 14.2 Å². The number of methoxy groups -OCH3 is 1. The van der Waals surface area contributed by atoms with E-state index < -0.39 is 0 Å². The summed E-state index contributed by atoms with van der Waals surface area (Å²) in [5.41, 5.74) is 5.18. The van der Waals surface area contributed by atoms with E-state index in [9.17, 15) is 0 Å². The lowest BCUT2D eigenvalue weighted by Gasteiger charge is -2.12. The topological polar surface area (TPSA) is 21.3 Å². The minimum atomic E-state index is 0.691. The maximum Gasteiger partial charge on any atom is 0.119 e. The van der Waals surface area contributed by atoms with Crippen molar-refractivity contribution in [2.24, 2.45) is 5.92 Å². The third-order valence-electron chi connectivity index (χ3n) is 3.59. The van der Waals surface area contributed by atoms with E-state index in [4.69, 9.17) is 4.74 Å². The molecule has 0 bridgehead atoms. The fourth-order valence-electron chi connectivity index (χ4n) is 2.61. The van der Waals surface area contributed by atoms with Gasteiger partial charge in [-0.15, -0.1) is 0 Å². The molecule has 0 spiro atoms. The molecule has 0 radical (unpaired) electrons. The van der Waals surface area contributed by atoms with Gasteiger partial charge in [-0.3, -0.25) is 0 Å². The van der Waals surface area contributed by atoms with E-state index in [0.717, 1.165) is 18.7 Å². The number of hydrogen-bond donors (Lipinski definition) is 1. The molecular weight excluding hydrogens is 258 g/mol. The second kappa shape index (κ2) is 7.28. The second-order valence-electron chi connectivity index (χ2n) is 5.85. The van der Waals surface area contributed by atoms with E-state index in [1.54, 1.807) is 7.11 Å². The molecule has 2 aromatic carbocycles. The van der Waals surface area contributed by atoms with Gasteiger partial charge in [0, 0.05) is 6.54 Å². The van der Waals surface area contributed by atoms with E-state index in [1.165, 1.54) is 22.3 Å². The largest absolute Gasteiger partial charge is 0.497 e. The summed E-state index contributed by atoms with van der Waals surface area (Å²) in [5, 5.41) is 3.23. The monoisotopic (exact) mass is 283 g/mol. The van der Waals surface area contributed by atoms with Crippen molar-refractivity contribution in [3.8, 4) is 16.9 Å². The molecule has 0 heterocycles. The Morgan fingerprint density at radius 2 is 1.76 bits per heavy atom. The van der Waals surface area contributed by atoms with Gasteiger partial charge in [-0.25, -0.2) is 0 Å². The molecule has 0 aliphatic rings. The van der Waals surface area contributed by atoms with Crippen LogP contribution in [0.3, 0.4) is 0 Å². The lowest BCUT2D eigenvalue weighted by atomic mass is 9.96. The van der Waals surface area contributed by atoms with E-state index in [-0.39, 0.29) is 0 Å². The molecule has 0 aliphatic heterocycles. The zero-order chi connectivity index (χ0) is 15.2. The predicted octanol–water partition coefficient (Wildman–Crippen LogP) is 4.28. The van der Waals surface area contributed by atoms with Gasteiger partial charge in [0.2, 0.25) is 0 Å². The van der Waals surface area contributed by atoms with Gasteiger partial charge in [0.15, 0.2) is 0 Å². The van der Waals surface area contributed by atoms with Crippen LogP contribution in [0.25, 0.3) is 11.1 Å². The minimum Gasteiger partial charge on any atom is -0.497 e. The molecule has 0 saturated carbocycles. The fraction of sp³-hybridized carbons (Fsp3) is 0.368. The molecule has 0 aliphatic carbocycles. The SMILES string of the molecule is CNCc1cc(OC)ccc1-c1ccc(CC(C)C)cc1. The van der Waals surface area contributed by atoms with Gasteiger partial charge in [0.1, 0.15) is 5.75 Å². The molecule has 0 unspecified atom stereocenters. The molecule has 2 heteroatoms. The standard InChI is InChI=1S/C19H25NO/c1-14(2)11-15-5-7-16(8-6-15)19-10-9-18(21-4)12-17(19)13-20-3/h5-10,12,14,20H,11,13H2,1-4H3. The van der Waals surface area contributed by atoms with Gasteiger partial charge in [0.25, 0.3) is 0 Å². The van der Waals surface area contributed by atoms with Gasteiger partial charge in [-0.2, -0.15) is 0 Å².